The molecule has 0 atom stereocenters. The molecule has 28 heavy (non-hydrogen) atoms. The Morgan fingerprint density at radius 3 is 2.18 bits per heavy atom. The molecule has 3 aromatic carbocycles. The molecule has 0 saturated carbocycles. The first kappa shape index (κ1) is 20.7. The smallest absolute Gasteiger partial charge is 0.416 e. The van der Waals surface area contributed by atoms with Gasteiger partial charge in [-0.1, -0.05) is 35.0 Å². The van der Waals surface area contributed by atoms with Crippen molar-refractivity contribution in [1.29, 1.82) is 0 Å². The van der Waals surface area contributed by atoms with E-state index in [1.54, 1.807) is 30.3 Å². The molecule has 0 radical (unpaired) electrons. The number of benzene rings is 3. The van der Waals surface area contributed by atoms with Crippen LogP contribution < -0.4 is 9.47 Å². The molecule has 3 aromatic rings. The molecule has 0 unspecified atom stereocenters. The lowest BCUT2D eigenvalue weighted by Gasteiger charge is -2.13. The van der Waals surface area contributed by atoms with E-state index in [2.05, 4.69) is 0 Å². The normalized spacial score (nSPS) is 11.4. The number of halogens is 5. The lowest BCUT2D eigenvalue weighted by atomic mass is 10.2. The largest absolute Gasteiger partial charge is 0.495 e. The lowest BCUT2D eigenvalue weighted by molar-refractivity contribution is -0.137. The highest BCUT2D eigenvalue weighted by atomic mass is 35.5. The van der Waals surface area contributed by atoms with Crippen LogP contribution in [0.25, 0.3) is 0 Å². The summed E-state index contributed by atoms with van der Waals surface area (Å²) < 4.78 is 49.3. The summed E-state index contributed by atoms with van der Waals surface area (Å²) in [6, 6.07) is 15.4. The van der Waals surface area contributed by atoms with Crippen molar-refractivity contribution >= 4 is 35.0 Å². The average Bonchev–Trinajstić information content (AvgIpc) is 2.65. The molecule has 0 aliphatic rings. The van der Waals surface area contributed by atoms with E-state index in [0.717, 1.165) is 21.9 Å². The topological polar surface area (TPSA) is 18.5 Å². The second-order valence-electron chi connectivity index (χ2n) is 5.61. The predicted octanol–water partition coefficient (Wildman–Crippen LogP) is 7.96. The fourth-order valence-corrected chi connectivity index (χ4v) is 3.56. The predicted molar refractivity (Wildman–Crippen MR) is 105 cm³/mol. The maximum atomic E-state index is 12.7. The first-order valence-corrected chi connectivity index (χ1v) is 9.49. The van der Waals surface area contributed by atoms with Crippen LogP contribution in [0.5, 0.6) is 17.2 Å². The highest BCUT2D eigenvalue weighted by Crippen LogP contribution is 2.40. The van der Waals surface area contributed by atoms with E-state index in [0.29, 0.717) is 16.5 Å². The van der Waals surface area contributed by atoms with Gasteiger partial charge in [0.25, 0.3) is 0 Å². The molecule has 0 aliphatic heterocycles. The molecule has 0 heterocycles. The first-order valence-electron chi connectivity index (χ1n) is 7.92. The van der Waals surface area contributed by atoms with Crippen molar-refractivity contribution in [1.82, 2.24) is 0 Å². The zero-order chi connectivity index (χ0) is 20.3. The Morgan fingerprint density at radius 2 is 1.57 bits per heavy atom. The molecule has 8 heteroatoms. The van der Waals surface area contributed by atoms with Crippen molar-refractivity contribution in [3.8, 4) is 17.2 Å². The van der Waals surface area contributed by atoms with E-state index in [-0.39, 0.29) is 10.8 Å². The zero-order valence-electron chi connectivity index (χ0n) is 14.4. The van der Waals surface area contributed by atoms with Gasteiger partial charge in [0.15, 0.2) is 0 Å². The van der Waals surface area contributed by atoms with Crippen molar-refractivity contribution in [2.24, 2.45) is 0 Å². The first-order chi connectivity index (χ1) is 13.3. The molecule has 0 bridgehead atoms. The minimum absolute atomic E-state index is 0.120. The molecule has 0 spiro atoms. The minimum Gasteiger partial charge on any atom is -0.495 e. The van der Waals surface area contributed by atoms with E-state index >= 15 is 0 Å². The third-order valence-corrected chi connectivity index (χ3v) is 5.28. The van der Waals surface area contributed by atoms with Gasteiger partial charge in [-0.05, 0) is 54.6 Å². The molecular weight excluding hydrogens is 432 g/mol. The highest BCUT2D eigenvalue weighted by molar-refractivity contribution is 7.99. The maximum absolute atomic E-state index is 12.7. The molecule has 0 N–H and O–H groups in total. The van der Waals surface area contributed by atoms with Crippen LogP contribution in [0.4, 0.5) is 13.2 Å². The minimum atomic E-state index is -4.47. The summed E-state index contributed by atoms with van der Waals surface area (Å²) in [6.07, 6.45) is -4.47. The van der Waals surface area contributed by atoms with E-state index in [9.17, 15) is 13.2 Å². The Morgan fingerprint density at radius 1 is 0.857 bits per heavy atom. The second-order valence-corrected chi connectivity index (χ2v) is 7.57. The molecule has 0 aromatic heterocycles. The van der Waals surface area contributed by atoms with E-state index in [1.807, 2.05) is 12.1 Å². The van der Waals surface area contributed by atoms with Gasteiger partial charge in [0.05, 0.1) is 22.6 Å². The van der Waals surface area contributed by atoms with Crippen LogP contribution in [0.15, 0.2) is 70.5 Å². The van der Waals surface area contributed by atoms with Gasteiger partial charge >= 0.3 is 6.18 Å². The van der Waals surface area contributed by atoms with Crippen molar-refractivity contribution in [2.45, 2.75) is 16.0 Å². The molecule has 2 nitrogen and oxygen atoms in total. The fraction of sp³-hybridized carbons (Fsp3) is 0.100. The lowest BCUT2D eigenvalue weighted by Crippen LogP contribution is -2.04. The van der Waals surface area contributed by atoms with Gasteiger partial charge in [-0.15, -0.1) is 0 Å². The number of rotatable bonds is 5. The van der Waals surface area contributed by atoms with Crippen LogP contribution in [0.3, 0.4) is 0 Å². The van der Waals surface area contributed by atoms with Crippen molar-refractivity contribution in [3.63, 3.8) is 0 Å². The van der Waals surface area contributed by atoms with E-state index in [4.69, 9.17) is 32.7 Å². The van der Waals surface area contributed by atoms with Gasteiger partial charge in [-0.25, -0.2) is 0 Å². The molecule has 146 valence electrons. The summed E-state index contributed by atoms with van der Waals surface area (Å²) in [5.41, 5.74) is -0.836. The van der Waals surface area contributed by atoms with E-state index < -0.39 is 11.7 Å². The number of methoxy groups -OCH3 is 1. The van der Waals surface area contributed by atoms with Crippen LogP contribution in [-0.4, -0.2) is 7.11 Å². The van der Waals surface area contributed by atoms with Crippen molar-refractivity contribution in [2.75, 3.05) is 7.11 Å². The second kappa shape index (κ2) is 8.55. The Hall–Kier alpha value is -2.02. The van der Waals surface area contributed by atoms with Gasteiger partial charge in [0, 0.05) is 16.0 Å². The summed E-state index contributed by atoms with van der Waals surface area (Å²) >= 11 is 13.3. The standard InChI is InChI=1S/C20H13Cl2F3O2S/c1-26-18-11-14(5-9-19(18)28-15-6-3-13(21)4-7-15)27-17-8-2-12(10-16(17)22)20(23,24)25/h2-11H,1H3. The van der Waals surface area contributed by atoms with Gasteiger partial charge in [0.1, 0.15) is 17.2 Å². The number of ether oxygens (including phenoxy) is 2. The van der Waals surface area contributed by atoms with Crippen LogP contribution >= 0.6 is 35.0 Å². The Kier molecular flexibility index (Phi) is 6.33. The van der Waals surface area contributed by atoms with Crippen LogP contribution in [-0.2, 0) is 6.18 Å². The van der Waals surface area contributed by atoms with Gasteiger partial charge in [-0.3, -0.25) is 0 Å². The number of alkyl halides is 3. The summed E-state index contributed by atoms with van der Waals surface area (Å²) in [7, 11) is 1.52. The summed E-state index contributed by atoms with van der Waals surface area (Å²) in [5.74, 6) is 1.06. The summed E-state index contributed by atoms with van der Waals surface area (Å²) in [4.78, 5) is 1.82. The van der Waals surface area contributed by atoms with Gasteiger partial charge < -0.3 is 9.47 Å². The van der Waals surface area contributed by atoms with Crippen molar-refractivity contribution in [3.05, 3.63) is 76.3 Å². The van der Waals surface area contributed by atoms with Crippen LogP contribution in [0.1, 0.15) is 5.56 Å². The highest BCUT2D eigenvalue weighted by Gasteiger charge is 2.31. The van der Waals surface area contributed by atoms with E-state index in [1.165, 1.54) is 24.9 Å². The zero-order valence-corrected chi connectivity index (χ0v) is 16.7. The molecule has 3 rings (SSSR count). The monoisotopic (exact) mass is 444 g/mol. The summed E-state index contributed by atoms with van der Waals surface area (Å²) in [6.45, 7) is 0. The fourth-order valence-electron chi connectivity index (χ4n) is 2.31. The SMILES string of the molecule is COc1cc(Oc2ccc(C(F)(F)F)cc2Cl)ccc1Sc1ccc(Cl)cc1. The molecule has 0 amide bonds. The third kappa shape index (κ3) is 5.07. The molecule has 0 saturated heterocycles. The quantitative estimate of drug-likeness (QED) is 0.397. The average molecular weight is 445 g/mol. The Balaban J connectivity index is 1.81. The number of hydrogen-bond donors (Lipinski definition) is 0. The maximum Gasteiger partial charge on any atom is 0.416 e. The Bertz CT molecular complexity index is 976. The Labute approximate surface area is 174 Å². The number of hydrogen-bond acceptors (Lipinski definition) is 3. The van der Waals surface area contributed by atoms with Gasteiger partial charge in [0.2, 0.25) is 0 Å². The molecular formula is C20H13Cl2F3O2S. The summed E-state index contributed by atoms with van der Waals surface area (Å²) in [5, 5.41) is 0.516. The molecule has 0 aliphatic carbocycles. The molecule has 0 fully saturated rings. The van der Waals surface area contributed by atoms with Crippen molar-refractivity contribution < 1.29 is 22.6 Å². The van der Waals surface area contributed by atoms with Gasteiger partial charge in [-0.2, -0.15) is 13.2 Å². The third-order valence-electron chi connectivity index (χ3n) is 3.66. The van der Waals surface area contributed by atoms with Crippen LogP contribution in [0, 0.1) is 0 Å². The van der Waals surface area contributed by atoms with Crippen LogP contribution in [0.2, 0.25) is 10.0 Å².